The summed E-state index contributed by atoms with van der Waals surface area (Å²) < 4.78 is 10.4. The third kappa shape index (κ3) is 5.51. The number of benzene rings is 2. The Morgan fingerprint density at radius 2 is 1.81 bits per heavy atom. The second-order valence-electron chi connectivity index (χ2n) is 5.86. The SMILES string of the molecule is COc1ccc(OC)c(C(=O)NC(CCC(=O)O)Cc2ccccc2)c1. The number of hydrogen-bond donors (Lipinski definition) is 2. The Balaban J connectivity index is 2.18. The van der Waals surface area contributed by atoms with Crippen LogP contribution < -0.4 is 14.8 Å². The molecule has 1 amide bonds. The van der Waals surface area contributed by atoms with Gasteiger partial charge in [0.15, 0.2) is 0 Å². The number of rotatable bonds is 9. The van der Waals surface area contributed by atoms with Gasteiger partial charge in [0.1, 0.15) is 11.5 Å². The first kappa shape index (κ1) is 19.3. The second-order valence-corrected chi connectivity index (χ2v) is 5.86. The molecule has 6 nitrogen and oxygen atoms in total. The Hall–Kier alpha value is -3.02. The Morgan fingerprint density at radius 1 is 1.08 bits per heavy atom. The largest absolute Gasteiger partial charge is 0.497 e. The molecule has 0 aliphatic rings. The van der Waals surface area contributed by atoms with Gasteiger partial charge >= 0.3 is 5.97 Å². The maximum Gasteiger partial charge on any atom is 0.303 e. The molecule has 0 heterocycles. The predicted molar refractivity (Wildman–Crippen MR) is 97.8 cm³/mol. The molecule has 0 saturated carbocycles. The van der Waals surface area contributed by atoms with E-state index in [0.29, 0.717) is 29.9 Å². The summed E-state index contributed by atoms with van der Waals surface area (Å²) in [7, 11) is 3.01. The summed E-state index contributed by atoms with van der Waals surface area (Å²) in [6.07, 6.45) is 0.863. The minimum atomic E-state index is -0.892. The molecule has 0 aliphatic heterocycles. The zero-order chi connectivity index (χ0) is 18.9. The van der Waals surface area contributed by atoms with Gasteiger partial charge in [-0.2, -0.15) is 0 Å². The molecule has 2 aromatic rings. The van der Waals surface area contributed by atoms with Crippen LogP contribution in [0.4, 0.5) is 0 Å². The lowest BCUT2D eigenvalue weighted by molar-refractivity contribution is -0.137. The summed E-state index contributed by atoms with van der Waals surface area (Å²) in [4.78, 5) is 23.7. The molecular weight excluding hydrogens is 334 g/mol. The van der Waals surface area contributed by atoms with E-state index in [-0.39, 0.29) is 18.4 Å². The fraction of sp³-hybridized carbons (Fsp3) is 0.300. The number of carboxylic acids is 1. The van der Waals surface area contributed by atoms with Crippen LogP contribution in [0.5, 0.6) is 11.5 Å². The van der Waals surface area contributed by atoms with Gasteiger partial charge in [-0.3, -0.25) is 9.59 Å². The molecule has 0 radical (unpaired) electrons. The van der Waals surface area contributed by atoms with E-state index in [1.165, 1.54) is 14.2 Å². The number of amides is 1. The molecule has 1 unspecified atom stereocenters. The van der Waals surface area contributed by atoms with Gasteiger partial charge < -0.3 is 19.9 Å². The number of methoxy groups -OCH3 is 2. The first-order valence-electron chi connectivity index (χ1n) is 8.32. The Kier molecular flexibility index (Phi) is 7.02. The highest BCUT2D eigenvalue weighted by Gasteiger charge is 2.19. The zero-order valence-corrected chi connectivity index (χ0v) is 14.9. The van der Waals surface area contributed by atoms with E-state index in [2.05, 4.69) is 5.32 Å². The average Bonchev–Trinajstić information content (AvgIpc) is 2.66. The normalized spacial score (nSPS) is 11.5. The minimum absolute atomic E-state index is 0.0208. The standard InChI is InChI=1S/C20H23NO5/c1-25-16-9-10-18(26-2)17(13-16)20(24)21-15(8-11-19(22)23)12-14-6-4-3-5-7-14/h3-7,9-10,13,15H,8,11-12H2,1-2H3,(H,21,24)(H,22,23). The van der Waals surface area contributed by atoms with Crippen molar-refractivity contribution < 1.29 is 24.2 Å². The van der Waals surface area contributed by atoms with Gasteiger partial charge in [0.05, 0.1) is 19.8 Å². The smallest absolute Gasteiger partial charge is 0.303 e. The molecule has 0 aliphatic carbocycles. The maximum absolute atomic E-state index is 12.7. The Morgan fingerprint density at radius 3 is 2.42 bits per heavy atom. The molecule has 6 heteroatoms. The van der Waals surface area contributed by atoms with Gasteiger partial charge in [-0.15, -0.1) is 0 Å². The third-order valence-electron chi connectivity index (χ3n) is 4.02. The molecule has 0 fully saturated rings. The van der Waals surface area contributed by atoms with Gasteiger partial charge in [0.2, 0.25) is 0 Å². The van der Waals surface area contributed by atoms with E-state index in [1.54, 1.807) is 18.2 Å². The molecule has 2 rings (SSSR count). The monoisotopic (exact) mass is 357 g/mol. The van der Waals surface area contributed by atoms with Crippen molar-refractivity contribution in [3.8, 4) is 11.5 Å². The van der Waals surface area contributed by atoms with E-state index in [4.69, 9.17) is 14.6 Å². The fourth-order valence-corrected chi connectivity index (χ4v) is 2.68. The van der Waals surface area contributed by atoms with Crippen LogP contribution in [0.3, 0.4) is 0 Å². The van der Waals surface area contributed by atoms with E-state index in [1.807, 2.05) is 30.3 Å². The van der Waals surface area contributed by atoms with Crippen LogP contribution in [0, 0.1) is 0 Å². The van der Waals surface area contributed by atoms with Crippen molar-refractivity contribution in [2.45, 2.75) is 25.3 Å². The number of hydrogen-bond acceptors (Lipinski definition) is 4. The van der Waals surface area contributed by atoms with Crippen LogP contribution in [0.2, 0.25) is 0 Å². The first-order chi connectivity index (χ1) is 12.5. The lowest BCUT2D eigenvalue weighted by Crippen LogP contribution is -2.37. The van der Waals surface area contributed by atoms with Crippen molar-refractivity contribution >= 4 is 11.9 Å². The second kappa shape index (κ2) is 9.46. The summed E-state index contributed by atoms with van der Waals surface area (Å²) in [5.41, 5.74) is 1.38. The van der Waals surface area contributed by atoms with Gasteiger partial charge in [0, 0.05) is 12.5 Å². The molecule has 26 heavy (non-hydrogen) atoms. The lowest BCUT2D eigenvalue weighted by atomic mass is 10.0. The molecule has 1 atom stereocenters. The molecule has 0 spiro atoms. The predicted octanol–water partition coefficient (Wildman–Crippen LogP) is 2.91. The first-order valence-corrected chi connectivity index (χ1v) is 8.32. The van der Waals surface area contributed by atoms with Crippen LogP contribution >= 0.6 is 0 Å². The van der Waals surface area contributed by atoms with E-state index >= 15 is 0 Å². The minimum Gasteiger partial charge on any atom is -0.497 e. The molecule has 138 valence electrons. The van der Waals surface area contributed by atoms with Crippen LogP contribution in [0.1, 0.15) is 28.8 Å². The molecule has 0 bridgehead atoms. The topological polar surface area (TPSA) is 84.9 Å². The highest BCUT2D eigenvalue weighted by atomic mass is 16.5. The molecule has 2 N–H and O–H groups in total. The van der Waals surface area contributed by atoms with Crippen molar-refractivity contribution in [1.29, 1.82) is 0 Å². The van der Waals surface area contributed by atoms with Crippen LogP contribution in [-0.2, 0) is 11.2 Å². The quantitative estimate of drug-likeness (QED) is 0.721. The number of carboxylic acid groups (broad SMARTS) is 1. The number of carbonyl (C=O) groups excluding carboxylic acids is 1. The fourth-order valence-electron chi connectivity index (χ4n) is 2.68. The van der Waals surface area contributed by atoms with Crippen LogP contribution in [-0.4, -0.2) is 37.2 Å². The van der Waals surface area contributed by atoms with Gasteiger partial charge in [-0.1, -0.05) is 30.3 Å². The third-order valence-corrected chi connectivity index (χ3v) is 4.02. The summed E-state index contributed by atoms with van der Waals surface area (Å²) in [6.45, 7) is 0. The number of ether oxygens (including phenoxy) is 2. The van der Waals surface area contributed by atoms with Crippen molar-refractivity contribution in [1.82, 2.24) is 5.32 Å². The molecular formula is C20H23NO5. The zero-order valence-electron chi connectivity index (χ0n) is 14.9. The van der Waals surface area contributed by atoms with E-state index < -0.39 is 5.97 Å². The average molecular weight is 357 g/mol. The Bertz CT molecular complexity index is 745. The number of aliphatic carboxylic acids is 1. The maximum atomic E-state index is 12.7. The number of carbonyl (C=O) groups is 2. The molecule has 0 saturated heterocycles. The highest BCUT2D eigenvalue weighted by molar-refractivity contribution is 5.97. The summed E-state index contributed by atoms with van der Waals surface area (Å²) >= 11 is 0. The van der Waals surface area contributed by atoms with Gasteiger partial charge in [-0.25, -0.2) is 0 Å². The van der Waals surface area contributed by atoms with Crippen molar-refractivity contribution in [2.75, 3.05) is 14.2 Å². The highest BCUT2D eigenvalue weighted by Crippen LogP contribution is 2.24. The Labute approximate surface area is 152 Å². The molecule has 2 aromatic carbocycles. The summed E-state index contributed by atoms with van der Waals surface area (Å²) in [5, 5.41) is 11.9. The summed E-state index contributed by atoms with van der Waals surface area (Å²) in [6, 6.07) is 14.3. The van der Waals surface area contributed by atoms with E-state index in [0.717, 1.165) is 5.56 Å². The summed E-state index contributed by atoms with van der Waals surface area (Å²) in [5.74, 6) is -0.246. The van der Waals surface area contributed by atoms with Crippen molar-refractivity contribution in [2.24, 2.45) is 0 Å². The van der Waals surface area contributed by atoms with Crippen LogP contribution in [0.15, 0.2) is 48.5 Å². The van der Waals surface area contributed by atoms with Crippen molar-refractivity contribution in [3.05, 3.63) is 59.7 Å². The number of nitrogens with one attached hydrogen (secondary N) is 1. The van der Waals surface area contributed by atoms with Crippen molar-refractivity contribution in [3.63, 3.8) is 0 Å². The lowest BCUT2D eigenvalue weighted by Gasteiger charge is -2.19. The van der Waals surface area contributed by atoms with Gasteiger partial charge in [-0.05, 0) is 36.6 Å². The molecule has 0 aromatic heterocycles. The van der Waals surface area contributed by atoms with Gasteiger partial charge in [0.25, 0.3) is 5.91 Å². The van der Waals surface area contributed by atoms with Crippen LogP contribution in [0.25, 0.3) is 0 Å². The van der Waals surface area contributed by atoms with E-state index in [9.17, 15) is 9.59 Å².